The average molecular weight is 140 g/mol. The summed E-state index contributed by atoms with van der Waals surface area (Å²) in [6.45, 7) is 9.58. The van der Waals surface area contributed by atoms with Crippen LogP contribution in [-0.2, 0) is 0 Å². The van der Waals surface area contributed by atoms with E-state index in [9.17, 15) is 0 Å². The van der Waals surface area contributed by atoms with Crippen LogP contribution in [0, 0.1) is 0 Å². The first-order valence-electron chi connectivity index (χ1n) is 4.07. The molecule has 1 rings (SSSR count). The summed E-state index contributed by atoms with van der Waals surface area (Å²) in [6, 6.07) is 0. The Labute approximate surface area is 63.9 Å². The van der Waals surface area contributed by atoms with Gasteiger partial charge in [-0.3, -0.25) is 0 Å². The van der Waals surface area contributed by atoms with Crippen LogP contribution >= 0.6 is 0 Å². The van der Waals surface area contributed by atoms with Gasteiger partial charge in [0.2, 0.25) is 0 Å². The van der Waals surface area contributed by atoms with Gasteiger partial charge in [-0.25, -0.2) is 0 Å². The molecular weight excluding hydrogens is 123 g/mol. The van der Waals surface area contributed by atoms with E-state index in [4.69, 9.17) is 0 Å². The summed E-state index contributed by atoms with van der Waals surface area (Å²) < 4.78 is 0. The lowest BCUT2D eigenvalue weighted by molar-refractivity contribution is 0.612. The molecule has 0 aliphatic carbocycles. The number of hydrogen-bond donors (Lipinski definition) is 2. The van der Waals surface area contributed by atoms with E-state index in [1.807, 2.05) is 0 Å². The van der Waals surface area contributed by atoms with Crippen LogP contribution < -0.4 is 10.5 Å². The average Bonchev–Trinajstić information content (AvgIpc) is 1.88. The van der Waals surface area contributed by atoms with E-state index in [0.29, 0.717) is 12.3 Å². The minimum Gasteiger partial charge on any atom is -0.342 e. The smallest absolute Gasteiger partial charge is 0.311 e. The van der Waals surface area contributed by atoms with Gasteiger partial charge >= 0.3 is 6.98 Å². The SMILES string of the molecule is CC(C)(C)B1NCCCN1. The van der Waals surface area contributed by atoms with Crippen molar-refractivity contribution >= 4 is 6.98 Å². The van der Waals surface area contributed by atoms with E-state index < -0.39 is 0 Å². The predicted molar refractivity (Wildman–Crippen MR) is 46.1 cm³/mol. The molecule has 0 saturated carbocycles. The van der Waals surface area contributed by atoms with Crippen LogP contribution in [0.5, 0.6) is 0 Å². The van der Waals surface area contributed by atoms with Crippen molar-refractivity contribution in [2.24, 2.45) is 0 Å². The van der Waals surface area contributed by atoms with E-state index in [2.05, 4.69) is 31.2 Å². The molecule has 0 spiro atoms. The largest absolute Gasteiger partial charge is 0.342 e. The molecule has 0 bridgehead atoms. The first-order valence-corrected chi connectivity index (χ1v) is 4.07. The number of hydrogen-bond acceptors (Lipinski definition) is 2. The fourth-order valence-corrected chi connectivity index (χ4v) is 1.27. The summed E-state index contributed by atoms with van der Waals surface area (Å²) in [6.07, 6.45) is 1.26. The lowest BCUT2D eigenvalue weighted by atomic mass is 9.52. The highest BCUT2D eigenvalue weighted by atomic mass is 15.0. The molecule has 2 nitrogen and oxygen atoms in total. The predicted octanol–water partition coefficient (Wildman–Crippen LogP) is 0.858. The zero-order chi connectivity index (χ0) is 7.61. The summed E-state index contributed by atoms with van der Waals surface area (Å²) in [5, 5.41) is 7.24. The van der Waals surface area contributed by atoms with Gasteiger partial charge in [-0.1, -0.05) is 20.8 Å². The molecule has 0 unspecified atom stereocenters. The van der Waals surface area contributed by atoms with E-state index in [0.717, 1.165) is 13.1 Å². The maximum atomic E-state index is 3.45. The maximum Gasteiger partial charge on any atom is 0.311 e. The molecule has 2 N–H and O–H groups in total. The van der Waals surface area contributed by atoms with E-state index in [1.54, 1.807) is 0 Å². The van der Waals surface area contributed by atoms with Crippen molar-refractivity contribution in [1.29, 1.82) is 0 Å². The van der Waals surface area contributed by atoms with Gasteiger partial charge in [0, 0.05) is 0 Å². The molecule has 1 aliphatic heterocycles. The van der Waals surface area contributed by atoms with Crippen molar-refractivity contribution in [2.75, 3.05) is 13.1 Å². The van der Waals surface area contributed by atoms with E-state index in [-0.39, 0.29) is 0 Å². The second-order valence-electron chi connectivity index (χ2n) is 4.06. The van der Waals surface area contributed by atoms with Gasteiger partial charge in [-0.05, 0) is 24.8 Å². The minimum absolute atomic E-state index is 0.348. The quantitative estimate of drug-likeness (QED) is 0.487. The third kappa shape index (κ3) is 1.99. The molecule has 1 saturated heterocycles. The maximum absolute atomic E-state index is 3.45. The Balaban J connectivity index is 2.39. The van der Waals surface area contributed by atoms with Crippen LogP contribution in [0.2, 0.25) is 5.31 Å². The zero-order valence-corrected chi connectivity index (χ0v) is 7.20. The second kappa shape index (κ2) is 2.93. The standard InChI is InChI=1S/C7H17BN2/c1-7(2,3)8-9-5-4-6-10-8/h9-10H,4-6H2,1-3H3. The van der Waals surface area contributed by atoms with Crippen LogP contribution in [0.3, 0.4) is 0 Å². The molecule has 0 aromatic heterocycles. The Bertz CT molecular complexity index is 103. The summed E-state index contributed by atoms with van der Waals surface area (Å²) in [5.41, 5.74) is 0. The third-order valence-corrected chi connectivity index (χ3v) is 1.92. The van der Waals surface area contributed by atoms with Crippen molar-refractivity contribution in [1.82, 2.24) is 10.5 Å². The van der Waals surface area contributed by atoms with Crippen LogP contribution in [0.15, 0.2) is 0 Å². The van der Waals surface area contributed by atoms with Gasteiger partial charge in [-0.2, -0.15) is 0 Å². The molecule has 3 heteroatoms. The molecule has 0 amide bonds. The van der Waals surface area contributed by atoms with Gasteiger partial charge in [0.1, 0.15) is 0 Å². The van der Waals surface area contributed by atoms with Crippen molar-refractivity contribution in [3.05, 3.63) is 0 Å². The molecule has 10 heavy (non-hydrogen) atoms. The Morgan fingerprint density at radius 3 is 1.90 bits per heavy atom. The Morgan fingerprint density at radius 1 is 1.10 bits per heavy atom. The fourth-order valence-electron chi connectivity index (χ4n) is 1.27. The van der Waals surface area contributed by atoms with Crippen LogP contribution in [-0.4, -0.2) is 20.1 Å². The van der Waals surface area contributed by atoms with Gasteiger partial charge in [0.25, 0.3) is 0 Å². The third-order valence-electron chi connectivity index (χ3n) is 1.92. The summed E-state index contributed by atoms with van der Waals surface area (Å²) in [4.78, 5) is 0. The number of nitrogens with one attached hydrogen (secondary N) is 2. The summed E-state index contributed by atoms with van der Waals surface area (Å²) >= 11 is 0. The molecule has 1 heterocycles. The Hall–Kier alpha value is -0.0151. The number of rotatable bonds is 0. The fraction of sp³-hybridized carbons (Fsp3) is 1.00. The molecule has 1 fully saturated rings. The molecule has 0 radical (unpaired) electrons. The van der Waals surface area contributed by atoms with Gasteiger partial charge < -0.3 is 10.5 Å². The highest BCUT2D eigenvalue weighted by Gasteiger charge is 2.30. The monoisotopic (exact) mass is 140 g/mol. The van der Waals surface area contributed by atoms with Gasteiger partial charge in [0.15, 0.2) is 0 Å². The lowest BCUT2D eigenvalue weighted by Gasteiger charge is -2.31. The van der Waals surface area contributed by atoms with Crippen molar-refractivity contribution in [3.63, 3.8) is 0 Å². The van der Waals surface area contributed by atoms with E-state index >= 15 is 0 Å². The molecule has 0 atom stereocenters. The van der Waals surface area contributed by atoms with Gasteiger partial charge in [-0.15, -0.1) is 0 Å². The van der Waals surface area contributed by atoms with E-state index in [1.165, 1.54) is 6.42 Å². The summed E-state index contributed by atoms with van der Waals surface area (Å²) in [7, 11) is 0. The lowest BCUT2D eigenvalue weighted by Crippen LogP contribution is -2.57. The minimum atomic E-state index is 0.348. The van der Waals surface area contributed by atoms with Crippen LogP contribution in [0.1, 0.15) is 27.2 Å². The first-order chi connectivity index (χ1) is 4.61. The molecule has 1 aliphatic rings. The Morgan fingerprint density at radius 2 is 1.60 bits per heavy atom. The highest BCUT2D eigenvalue weighted by molar-refractivity contribution is 6.56. The molecular formula is C7H17BN2. The van der Waals surface area contributed by atoms with Gasteiger partial charge in [0.05, 0.1) is 0 Å². The topological polar surface area (TPSA) is 24.1 Å². The van der Waals surface area contributed by atoms with Crippen LogP contribution in [0.4, 0.5) is 0 Å². The molecule has 0 aromatic carbocycles. The first kappa shape index (κ1) is 8.09. The Kier molecular flexibility index (Phi) is 2.37. The van der Waals surface area contributed by atoms with Crippen molar-refractivity contribution in [3.8, 4) is 0 Å². The second-order valence-corrected chi connectivity index (χ2v) is 4.06. The normalized spacial score (nSPS) is 21.3. The summed E-state index contributed by atoms with van der Waals surface area (Å²) in [5.74, 6) is 0. The van der Waals surface area contributed by atoms with Crippen molar-refractivity contribution < 1.29 is 0 Å². The van der Waals surface area contributed by atoms with Crippen molar-refractivity contribution in [2.45, 2.75) is 32.5 Å². The zero-order valence-electron chi connectivity index (χ0n) is 7.20. The molecule has 0 aromatic rings. The highest BCUT2D eigenvalue weighted by Crippen LogP contribution is 2.24. The van der Waals surface area contributed by atoms with Crippen LogP contribution in [0.25, 0.3) is 0 Å². The molecule has 58 valence electrons.